The third kappa shape index (κ3) is 3.94. The van der Waals surface area contributed by atoms with Crippen LogP contribution in [0.1, 0.15) is 43.5 Å². The van der Waals surface area contributed by atoms with Gasteiger partial charge in [0.15, 0.2) is 0 Å². The van der Waals surface area contributed by atoms with E-state index in [0.29, 0.717) is 11.3 Å². The molecule has 0 bridgehead atoms. The lowest BCUT2D eigenvalue weighted by Gasteiger charge is -2.17. The van der Waals surface area contributed by atoms with E-state index in [2.05, 4.69) is 17.6 Å². The van der Waals surface area contributed by atoms with E-state index in [1.807, 2.05) is 6.92 Å². The van der Waals surface area contributed by atoms with Gasteiger partial charge in [0.25, 0.3) is 11.6 Å². The highest BCUT2D eigenvalue weighted by Crippen LogP contribution is 2.22. The Morgan fingerprint density at radius 2 is 2.10 bits per heavy atom. The zero-order valence-electron chi connectivity index (χ0n) is 12.1. The average Bonchev–Trinajstić information content (AvgIpc) is 2.45. The molecule has 20 heavy (non-hydrogen) atoms. The molecule has 2 N–H and O–H groups in total. The molecule has 1 unspecified atom stereocenters. The Bertz CT molecular complexity index is 489. The van der Waals surface area contributed by atoms with Gasteiger partial charge in [0, 0.05) is 30.9 Å². The molecule has 6 heteroatoms. The van der Waals surface area contributed by atoms with Crippen LogP contribution >= 0.6 is 0 Å². The zero-order valence-corrected chi connectivity index (χ0v) is 12.1. The van der Waals surface area contributed by atoms with E-state index in [9.17, 15) is 14.9 Å². The highest BCUT2D eigenvalue weighted by molar-refractivity contribution is 6.00. The second-order valence-corrected chi connectivity index (χ2v) is 4.60. The number of nitrogens with zero attached hydrogens (tertiary/aromatic N) is 1. The summed E-state index contributed by atoms with van der Waals surface area (Å²) in [6, 6.07) is 4.33. The Kier molecular flexibility index (Phi) is 5.96. The minimum absolute atomic E-state index is 0.0855. The molecule has 0 spiro atoms. The summed E-state index contributed by atoms with van der Waals surface area (Å²) < 4.78 is 0. The molecule has 0 aliphatic heterocycles. The molecule has 1 rings (SSSR count). The van der Waals surface area contributed by atoms with Crippen molar-refractivity contribution >= 4 is 17.3 Å². The second-order valence-electron chi connectivity index (χ2n) is 4.60. The van der Waals surface area contributed by atoms with Crippen LogP contribution in [0.2, 0.25) is 0 Å². The predicted octanol–water partition coefficient (Wildman–Crippen LogP) is 2.95. The van der Waals surface area contributed by atoms with Crippen molar-refractivity contribution in [1.82, 2.24) is 5.32 Å². The first-order valence-corrected chi connectivity index (χ1v) is 6.80. The van der Waals surface area contributed by atoms with Crippen molar-refractivity contribution in [2.75, 3.05) is 12.4 Å². The van der Waals surface area contributed by atoms with Crippen LogP contribution < -0.4 is 10.6 Å². The minimum Gasteiger partial charge on any atom is -0.387 e. The number of carbonyl (C=O) groups is 1. The molecule has 0 fully saturated rings. The number of nitro groups is 1. The SMILES string of the molecule is CCCC(CC)NC(=O)c1cc([N+](=O)[O-])ccc1NC. The molecule has 0 saturated carbocycles. The molecule has 110 valence electrons. The maximum atomic E-state index is 12.3. The standard InChI is InChI=1S/C14H21N3O3/c1-4-6-10(5-2)16-14(18)12-9-11(17(19)20)7-8-13(12)15-3/h7-10,15H,4-6H2,1-3H3,(H,16,18). The van der Waals surface area contributed by atoms with Crippen LogP contribution in [0.3, 0.4) is 0 Å². The van der Waals surface area contributed by atoms with E-state index in [-0.39, 0.29) is 17.6 Å². The first-order chi connectivity index (χ1) is 9.53. The first-order valence-electron chi connectivity index (χ1n) is 6.80. The quantitative estimate of drug-likeness (QED) is 0.593. The summed E-state index contributed by atoms with van der Waals surface area (Å²) in [5, 5.41) is 16.6. The van der Waals surface area contributed by atoms with Crippen LogP contribution in [0.15, 0.2) is 18.2 Å². The van der Waals surface area contributed by atoms with Gasteiger partial charge in [-0.15, -0.1) is 0 Å². The lowest BCUT2D eigenvalue weighted by Crippen LogP contribution is -2.34. The average molecular weight is 279 g/mol. The van der Waals surface area contributed by atoms with Gasteiger partial charge in [-0.2, -0.15) is 0 Å². The van der Waals surface area contributed by atoms with E-state index in [4.69, 9.17) is 0 Å². The van der Waals surface area contributed by atoms with Gasteiger partial charge < -0.3 is 10.6 Å². The van der Waals surface area contributed by atoms with Crippen molar-refractivity contribution in [3.05, 3.63) is 33.9 Å². The van der Waals surface area contributed by atoms with Crippen LogP contribution in [0.4, 0.5) is 11.4 Å². The van der Waals surface area contributed by atoms with Crippen LogP contribution in [-0.2, 0) is 0 Å². The van der Waals surface area contributed by atoms with Crippen LogP contribution in [0.25, 0.3) is 0 Å². The monoisotopic (exact) mass is 279 g/mol. The topological polar surface area (TPSA) is 84.3 Å². The molecule has 6 nitrogen and oxygen atoms in total. The molecule has 0 aromatic heterocycles. The van der Waals surface area contributed by atoms with E-state index in [0.717, 1.165) is 19.3 Å². The van der Waals surface area contributed by atoms with Gasteiger partial charge in [-0.25, -0.2) is 0 Å². The summed E-state index contributed by atoms with van der Waals surface area (Å²) in [5.41, 5.74) is 0.799. The summed E-state index contributed by atoms with van der Waals surface area (Å²) in [5.74, 6) is -0.279. The van der Waals surface area contributed by atoms with Crippen molar-refractivity contribution in [1.29, 1.82) is 0 Å². The molecule has 0 radical (unpaired) electrons. The number of hydrogen-bond donors (Lipinski definition) is 2. The number of carbonyl (C=O) groups excluding carboxylic acids is 1. The molecule has 1 aromatic rings. The maximum absolute atomic E-state index is 12.3. The van der Waals surface area contributed by atoms with E-state index < -0.39 is 4.92 Å². The number of nitro benzene ring substituents is 1. The van der Waals surface area contributed by atoms with Crippen LogP contribution in [-0.4, -0.2) is 23.9 Å². The Balaban J connectivity index is 3.00. The van der Waals surface area contributed by atoms with Crippen molar-refractivity contribution in [2.24, 2.45) is 0 Å². The lowest BCUT2D eigenvalue weighted by molar-refractivity contribution is -0.384. The number of amides is 1. The number of rotatable bonds is 7. The molecule has 0 aliphatic rings. The molecular weight excluding hydrogens is 258 g/mol. The summed E-state index contributed by atoms with van der Waals surface area (Å²) in [6.45, 7) is 4.06. The van der Waals surface area contributed by atoms with Crippen molar-refractivity contribution in [2.45, 2.75) is 39.2 Å². The Labute approximate surface area is 118 Å². The Hall–Kier alpha value is -2.11. The summed E-state index contributed by atoms with van der Waals surface area (Å²) >= 11 is 0. The number of non-ortho nitro benzene ring substituents is 1. The number of hydrogen-bond acceptors (Lipinski definition) is 4. The molecule has 1 amide bonds. The smallest absolute Gasteiger partial charge is 0.270 e. The first kappa shape index (κ1) is 15.9. The van der Waals surface area contributed by atoms with Crippen LogP contribution in [0.5, 0.6) is 0 Å². The van der Waals surface area contributed by atoms with E-state index >= 15 is 0 Å². The van der Waals surface area contributed by atoms with Gasteiger partial charge in [0.1, 0.15) is 0 Å². The summed E-state index contributed by atoms with van der Waals surface area (Å²) in [4.78, 5) is 22.6. The molecule has 1 atom stereocenters. The van der Waals surface area contributed by atoms with Crippen molar-refractivity contribution in [3.8, 4) is 0 Å². The van der Waals surface area contributed by atoms with Crippen LogP contribution in [0, 0.1) is 10.1 Å². The Morgan fingerprint density at radius 1 is 1.40 bits per heavy atom. The van der Waals surface area contributed by atoms with E-state index in [1.165, 1.54) is 12.1 Å². The molecule has 1 aromatic carbocycles. The van der Waals surface area contributed by atoms with E-state index in [1.54, 1.807) is 13.1 Å². The molecule has 0 heterocycles. The van der Waals surface area contributed by atoms with Gasteiger partial charge in [-0.05, 0) is 18.9 Å². The lowest BCUT2D eigenvalue weighted by atomic mass is 10.1. The molecule has 0 saturated heterocycles. The van der Waals surface area contributed by atoms with Gasteiger partial charge >= 0.3 is 0 Å². The van der Waals surface area contributed by atoms with Gasteiger partial charge in [-0.3, -0.25) is 14.9 Å². The summed E-state index contributed by atoms with van der Waals surface area (Å²) in [7, 11) is 1.68. The van der Waals surface area contributed by atoms with Crippen molar-refractivity contribution in [3.63, 3.8) is 0 Å². The largest absolute Gasteiger partial charge is 0.387 e. The van der Waals surface area contributed by atoms with Gasteiger partial charge in [-0.1, -0.05) is 20.3 Å². The fraction of sp³-hybridized carbons (Fsp3) is 0.500. The third-order valence-electron chi connectivity index (χ3n) is 3.19. The maximum Gasteiger partial charge on any atom is 0.270 e. The van der Waals surface area contributed by atoms with Crippen molar-refractivity contribution < 1.29 is 9.72 Å². The van der Waals surface area contributed by atoms with Gasteiger partial charge in [0.05, 0.1) is 10.5 Å². The predicted molar refractivity (Wildman–Crippen MR) is 79.1 cm³/mol. The fourth-order valence-corrected chi connectivity index (χ4v) is 2.04. The number of nitrogens with one attached hydrogen (secondary N) is 2. The van der Waals surface area contributed by atoms with Gasteiger partial charge in [0.2, 0.25) is 0 Å². The third-order valence-corrected chi connectivity index (χ3v) is 3.19. The second kappa shape index (κ2) is 7.47. The summed E-state index contributed by atoms with van der Waals surface area (Å²) in [6.07, 6.45) is 2.71. The number of anilines is 1. The minimum atomic E-state index is -0.500. The fourth-order valence-electron chi connectivity index (χ4n) is 2.04. The Morgan fingerprint density at radius 3 is 2.60 bits per heavy atom. The highest BCUT2D eigenvalue weighted by atomic mass is 16.6. The zero-order chi connectivity index (χ0) is 15.1. The highest BCUT2D eigenvalue weighted by Gasteiger charge is 2.18. The number of benzene rings is 1. The molecular formula is C14H21N3O3. The normalized spacial score (nSPS) is 11.8. The molecule has 0 aliphatic carbocycles.